The van der Waals surface area contributed by atoms with Crippen LogP contribution in [-0.4, -0.2) is 49.2 Å². The van der Waals surface area contributed by atoms with Crippen LogP contribution < -0.4 is 4.90 Å². The lowest BCUT2D eigenvalue weighted by atomic mass is 10.0. The number of likely N-dealkylation sites (tertiary alicyclic amines) is 1. The van der Waals surface area contributed by atoms with Gasteiger partial charge in [0.25, 0.3) is 0 Å². The molecule has 1 saturated heterocycles. The van der Waals surface area contributed by atoms with Gasteiger partial charge in [0.05, 0.1) is 16.8 Å². The van der Waals surface area contributed by atoms with Crippen molar-refractivity contribution >= 4 is 11.7 Å². The number of anilines is 1. The van der Waals surface area contributed by atoms with E-state index in [2.05, 4.69) is 4.90 Å². The molecule has 7 heteroatoms. The molecule has 22 heavy (non-hydrogen) atoms. The SMILES string of the molecule is CN1CCC(N(C)c2ccc(C(F)(F)F)cc2C(=O)O)CC1. The third-order valence-corrected chi connectivity index (χ3v) is 4.17. The number of hydrogen-bond donors (Lipinski definition) is 1. The fourth-order valence-corrected chi connectivity index (χ4v) is 2.77. The minimum absolute atomic E-state index is 0.131. The summed E-state index contributed by atoms with van der Waals surface area (Å²) in [7, 11) is 3.75. The first kappa shape index (κ1) is 16.6. The summed E-state index contributed by atoms with van der Waals surface area (Å²) in [5.41, 5.74) is -0.920. The van der Waals surface area contributed by atoms with Crippen LogP contribution >= 0.6 is 0 Å². The van der Waals surface area contributed by atoms with Crippen molar-refractivity contribution in [1.29, 1.82) is 0 Å². The maximum Gasteiger partial charge on any atom is 0.416 e. The van der Waals surface area contributed by atoms with Gasteiger partial charge in [0.2, 0.25) is 0 Å². The molecule has 0 amide bonds. The zero-order valence-corrected chi connectivity index (χ0v) is 12.5. The second kappa shape index (κ2) is 6.16. The molecular weight excluding hydrogens is 297 g/mol. The summed E-state index contributed by atoms with van der Waals surface area (Å²) in [6, 6.07) is 3.03. The molecule has 0 bridgehead atoms. The third kappa shape index (κ3) is 3.52. The van der Waals surface area contributed by atoms with E-state index in [0.717, 1.165) is 32.0 Å². The van der Waals surface area contributed by atoms with Crippen molar-refractivity contribution in [3.63, 3.8) is 0 Å². The lowest BCUT2D eigenvalue weighted by Gasteiger charge is -2.37. The average Bonchev–Trinajstić information content (AvgIpc) is 2.45. The summed E-state index contributed by atoms with van der Waals surface area (Å²) in [6.07, 6.45) is -2.84. The molecule has 4 nitrogen and oxygen atoms in total. The first-order chi connectivity index (χ1) is 10.2. The van der Waals surface area contributed by atoms with E-state index >= 15 is 0 Å². The largest absolute Gasteiger partial charge is 0.478 e. The molecule has 1 aromatic rings. The van der Waals surface area contributed by atoms with Crippen LogP contribution in [-0.2, 0) is 6.18 Å². The Morgan fingerprint density at radius 2 is 1.91 bits per heavy atom. The number of aromatic carboxylic acids is 1. The summed E-state index contributed by atoms with van der Waals surface area (Å²) in [6.45, 7) is 1.77. The Labute approximate surface area is 127 Å². The Morgan fingerprint density at radius 1 is 1.32 bits per heavy atom. The first-order valence-corrected chi connectivity index (χ1v) is 7.06. The summed E-state index contributed by atoms with van der Waals surface area (Å²) < 4.78 is 38.2. The van der Waals surface area contributed by atoms with E-state index in [1.54, 1.807) is 11.9 Å². The lowest BCUT2D eigenvalue weighted by Crippen LogP contribution is -2.42. The van der Waals surface area contributed by atoms with Gasteiger partial charge in [-0.05, 0) is 51.2 Å². The van der Waals surface area contributed by atoms with E-state index in [1.165, 1.54) is 6.07 Å². The molecule has 1 fully saturated rings. The second-order valence-electron chi connectivity index (χ2n) is 5.68. The number of carbonyl (C=O) groups is 1. The Bertz CT molecular complexity index is 552. The number of nitrogens with zero attached hydrogens (tertiary/aromatic N) is 2. The fraction of sp³-hybridized carbons (Fsp3) is 0.533. The topological polar surface area (TPSA) is 43.8 Å². The van der Waals surface area contributed by atoms with Crippen LogP contribution in [0.1, 0.15) is 28.8 Å². The van der Waals surface area contributed by atoms with Gasteiger partial charge in [0.15, 0.2) is 0 Å². The minimum atomic E-state index is -4.55. The normalized spacial score (nSPS) is 17.5. The molecule has 0 radical (unpaired) electrons. The Hall–Kier alpha value is -1.76. The lowest BCUT2D eigenvalue weighted by molar-refractivity contribution is -0.137. The van der Waals surface area contributed by atoms with Crippen molar-refractivity contribution in [2.45, 2.75) is 25.1 Å². The molecule has 0 aliphatic carbocycles. The number of halogens is 3. The highest BCUT2D eigenvalue weighted by Crippen LogP contribution is 2.34. The van der Waals surface area contributed by atoms with Crippen molar-refractivity contribution < 1.29 is 23.1 Å². The third-order valence-electron chi connectivity index (χ3n) is 4.17. The molecule has 1 aliphatic rings. The van der Waals surface area contributed by atoms with Crippen molar-refractivity contribution in [3.05, 3.63) is 29.3 Å². The summed E-state index contributed by atoms with van der Waals surface area (Å²) >= 11 is 0. The average molecular weight is 316 g/mol. The molecule has 1 aliphatic heterocycles. The standard InChI is InChI=1S/C15H19F3N2O2/c1-19-7-5-11(6-8-19)20(2)13-4-3-10(15(16,17)18)9-12(13)14(21)22/h3-4,9,11H,5-8H2,1-2H3,(H,21,22). The molecule has 0 aromatic heterocycles. The highest BCUT2D eigenvalue weighted by Gasteiger charge is 2.33. The number of carboxylic acid groups (broad SMARTS) is 1. The highest BCUT2D eigenvalue weighted by molar-refractivity contribution is 5.94. The van der Waals surface area contributed by atoms with Crippen molar-refractivity contribution in [2.75, 3.05) is 32.1 Å². The van der Waals surface area contributed by atoms with Gasteiger partial charge in [-0.3, -0.25) is 0 Å². The monoisotopic (exact) mass is 316 g/mol. The zero-order valence-electron chi connectivity index (χ0n) is 12.5. The number of piperidine rings is 1. The van der Waals surface area contributed by atoms with Crippen molar-refractivity contribution in [2.24, 2.45) is 0 Å². The van der Waals surface area contributed by atoms with Gasteiger partial charge < -0.3 is 14.9 Å². The van der Waals surface area contributed by atoms with Crippen LogP contribution in [0, 0.1) is 0 Å². The van der Waals surface area contributed by atoms with E-state index in [1.807, 2.05) is 7.05 Å². The number of carboxylic acids is 1. The maximum absolute atomic E-state index is 12.7. The predicted molar refractivity (Wildman–Crippen MR) is 77.3 cm³/mol. The number of hydrogen-bond acceptors (Lipinski definition) is 3. The van der Waals surface area contributed by atoms with E-state index < -0.39 is 17.7 Å². The summed E-state index contributed by atoms with van der Waals surface area (Å²) in [4.78, 5) is 15.3. The minimum Gasteiger partial charge on any atom is -0.478 e. The number of alkyl halides is 3. The molecule has 2 rings (SSSR count). The molecule has 0 spiro atoms. The Kier molecular flexibility index (Phi) is 4.65. The number of rotatable bonds is 3. The van der Waals surface area contributed by atoms with E-state index in [9.17, 15) is 23.1 Å². The Morgan fingerprint density at radius 3 is 2.41 bits per heavy atom. The maximum atomic E-state index is 12.7. The van der Waals surface area contributed by atoms with Crippen molar-refractivity contribution in [3.8, 4) is 0 Å². The predicted octanol–water partition coefficient (Wildman–Crippen LogP) is 2.93. The summed E-state index contributed by atoms with van der Waals surface area (Å²) in [5, 5.41) is 9.24. The van der Waals surface area contributed by atoms with Crippen LogP contribution in [0.4, 0.5) is 18.9 Å². The second-order valence-corrected chi connectivity index (χ2v) is 5.68. The van der Waals surface area contributed by atoms with E-state index in [4.69, 9.17) is 0 Å². The molecule has 1 heterocycles. The van der Waals surface area contributed by atoms with Gasteiger partial charge in [-0.25, -0.2) is 4.79 Å². The van der Waals surface area contributed by atoms with Crippen molar-refractivity contribution in [1.82, 2.24) is 4.90 Å². The smallest absolute Gasteiger partial charge is 0.416 e. The van der Waals surface area contributed by atoms with E-state index in [-0.39, 0.29) is 11.6 Å². The molecule has 1 N–H and O–H groups in total. The van der Waals surface area contributed by atoms with Crippen LogP contribution in [0.5, 0.6) is 0 Å². The van der Waals surface area contributed by atoms with E-state index in [0.29, 0.717) is 11.8 Å². The van der Waals surface area contributed by atoms with Gasteiger partial charge >= 0.3 is 12.1 Å². The van der Waals surface area contributed by atoms with Gasteiger partial charge in [-0.2, -0.15) is 13.2 Å². The van der Waals surface area contributed by atoms with Crippen LogP contribution in [0.2, 0.25) is 0 Å². The molecule has 0 saturated carbocycles. The van der Waals surface area contributed by atoms with Gasteiger partial charge in [-0.1, -0.05) is 0 Å². The Balaban J connectivity index is 2.31. The highest BCUT2D eigenvalue weighted by atomic mass is 19.4. The fourth-order valence-electron chi connectivity index (χ4n) is 2.77. The van der Waals surface area contributed by atoms with Crippen LogP contribution in [0.25, 0.3) is 0 Å². The summed E-state index contributed by atoms with van der Waals surface area (Å²) in [5.74, 6) is -1.35. The molecule has 122 valence electrons. The quantitative estimate of drug-likeness (QED) is 0.931. The zero-order chi connectivity index (χ0) is 16.5. The van der Waals surface area contributed by atoms with Gasteiger partial charge in [0.1, 0.15) is 0 Å². The molecule has 0 atom stereocenters. The van der Waals surface area contributed by atoms with Crippen LogP contribution in [0.3, 0.4) is 0 Å². The van der Waals surface area contributed by atoms with Gasteiger partial charge in [0, 0.05) is 13.1 Å². The van der Waals surface area contributed by atoms with Crippen LogP contribution in [0.15, 0.2) is 18.2 Å². The molecule has 1 aromatic carbocycles. The molecule has 0 unspecified atom stereocenters. The number of benzene rings is 1. The van der Waals surface area contributed by atoms with Gasteiger partial charge in [-0.15, -0.1) is 0 Å². The first-order valence-electron chi connectivity index (χ1n) is 7.06. The molecular formula is C15H19F3N2O2.